The first-order valence-corrected chi connectivity index (χ1v) is 11.1. The zero-order chi connectivity index (χ0) is 20.2. The van der Waals surface area contributed by atoms with E-state index in [-0.39, 0.29) is 18.3 Å². The second-order valence-electron chi connectivity index (χ2n) is 8.45. The first-order valence-electron chi connectivity index (χ1n) is 11.1. The van der Waals surface area contributed by atoms with Crippen molar-refractivity contribution in [1.29, 1.82) is 0 Å². The van der Waals surface area contributed by atoms with Crippen LogP contribution in [0.5, 0.6) is 0 Å². The SMILES string of the molecule is CCCCCCCc1ccc(C2CCC(CC(CO)COC=O)CC2)cc1F. The molecule has 1 atom stereocenters. The topological polar surface area (TPSA) is 46.5 Å². The van der Waals surface area contributed by atoms with Gasteiger partial charge < -0.3 is 9.84 Å². The summed E-state index contributed by atoms with van der Waals surface area (Å²) >= 11 is 0. The summed E-state index contributed by atoms with van der Waals surface area (Å²) in [7, 11) is 0. The van der Waals surface area contributed by atoms with Gasteiger partial charge in [-0.2, -0.15) is 0 Å². The van der Waals surface area contributed by atoms with Gasteiger partial charge in [0, 0.05) is 12.5 Å². The Bertz CT molecular complexity index is 567. The van der Waals surface area contributed by atoms with Gasteiger partial charge in [0.05, 0.1) is 6.61 Å². The van der Waals surface area contributed by atoms with Crippen LogP contribution in [0.25, 0.3) is 0 Å². The van der Waals surface area contributed by atoms with Gasteiger partial charge in [0.1, 0.15) is 5.82 Å². The van der Waals surface area contributed by atoms with Crippen LogP contribution in [-0.2, 0) is 16.0 Å². The number of carbonyl (C=O) groups excluding carboxylic acids is 1. The fraction of sp³-hybridized carbons (Fsp3) is 0.708. The van der Waals surface area contributed by atoms with Crippen LogP contribution in [0, 0.1) is 17.7 Å². The van der Waals surface area contributed by atoms with Crippen LogP contribution in [0.4, 0.5) is 4.39 Å². The standard InChI is InChI=1S/C24H37FO3/c1-2-3-4-5-6-7-22-12-13-23(15-24(22)25)21-10-8-19(9-11-21)14-20(16-26)17-28-18-27/h12-13,15,18-21,26H,2-11,14,16-17H2,1H3. The lowest BCUT2D eigenvalue weighted by Crippen LogP contribution is -2.21. The highest BCUT2D eigenvalue weighted by Crippen LogP contribution is 2.38. The predicted octanol–water partition coefficient (Wildman–Crippen LogP) is 5.78. The van der Waals surface area contributed by atoms with E-state index in [0.717, 1.165) is 56.1 Å². The number of hydrogen-bond donors (Lipinski definition) is 1. The highest BCUT2D eigenvalue weighted by molar-refractivity contribution is 5.36. The Morgan fingerprint density at radius 3 is 2.57 bits per heavy atom. The number of aryl methyl sites for hydroxylation is 1. The van der Waals surface area contributed by atoms with Gasteiger partial charge in [-0.1, -0.05) is 44.7 Å². The number of aliphatic hydroxyl groups is 1. The third-order valence-electron chi connectivity index (χ3n) is 6.27. The number of aliphatic hydroxyl groups excluding tert-OH is 1. The minimum absolute atomic E-state index is 0.0285. The molecule has 2 rings (SSSR count). The quantitative estimate of drug-likeness (QED) is 0.342. The number of carbonyl (C=O) groups is 1. The maximum atomic E-state index is 14.5. The molecule has 1 aliphatic carbocycles. The monoisotopic (exact) mass is 392 g/mol. The molecule has 1 saturated carbocycles. The van der Waals surface area contributed by atoms with Gasteiger partial charge in [-0.05, 0) is 74.0 Å². The molecule has 1 unspecified atom stereocenters. The smallest absolute Gasteiger partial charge is 0.293 e. The van der Waals surface area contributed by atoms with Crippen molar-refractivity contribution in [3.05, 3.63) is 35.1 Å². The van der Waals surface area contributed by atoms with Crippen LogP contribution in [-0.4, -0.2) is 24.8 Å². The Hall–Kier alpha value is -1.42. The van der Waals surface area contributed by atoms with Crippen molar-refractivity contribution in [2.24, 2.45) is 11.8 Å². The van der Waals surface area contributed by atoms with E-state index in [1.54, 1.807) is 6.07 Å². The van der Waals surface area contributed by atoms with Crippen molar-refractivity contribution in [2.75, 3.05) is 13.2 Å². The predicted molar refractivity (Wildman–Crippen MR) is 111 cm³/mol. The molecule has 1 N–H and O–H groups in total. The molecule has 4 heteroatoms. The van der Waals surface area contributed by atoms with E-state index in [1.165, 1.54) is 25.7 Å². The Morgan fingerprint density at radius 2 is 1.93 bits per heavy atom. The molecular weight excluding hydrogens is 355 g/mol. The van der Waals surface area contributed by atoms with E-state index in [9.17, 15) is 14.3 Å². The molecule has 3 nitrogen and oxygen atoms in total. The number of benzene rings is 1. The summed E-state index contributed by atoms with van der Waals surface area (Å²) in [5.74, 6) is 0.973. The largest absolute Gasteiger partial charge is 0.468 e. The molecule has 158 valence electrons. The minimum Gasteiger partial charge on any atom is -0.468 e. The average Bonchev–Trinajstić information content (AvgIpc) is 2.72. The maximum absolute atomic E-state index is 14.5. The molecule has 0 aromatic heterocycles. The number of unbranched alkanes of at least 4 members (excludes halogenated alkanes) is 4. The Kier molecular flexibility index (Phi) is 10.6. The minimum atomic E-state index is -0.0403. The van der Waals surface area contributed by atoms with Crippen molar-refractivity contribution in [2.45, 2.75) is 83.5 Å². The Morgan fingerprint density at radius 1 is 1.18 bits per heavy atom. The summed E-state index contributed by atoms with van der Waals surface area (Å²) in [4.78, 5) is 10.3. The van der Waals surface area contributed by atoms with Crippen molar-refractivity contribution < 1.29 is 19.0 Å². The summed E-state index contributed by atoms with van der Waals surface area (Å²) in [5.41, 5.74) is 1.99. The molecule has 1 aromatic carbocycles. The molecule has 28 heavy (non-hydrogen) atoms. The Labute approximate surface area is 169 Å². The van der Waals surface area contributed by atoms with Gasteiger partial charge in [0.15, 0.2) is 0 Å². The second-order valence-corrected chi connectivity index (χ2v) is 8.45. The highest BCUT2D eigenvalue weighted by atomic mass is 19.1. The number of halogens is 1. The summed E-state index contributed by atoms with van der Waals surface area (Å²) in [5, 5.41) is 9.44. The Balaban J connectivity index is 1.78. The van der Waals surface area contributed by atoms with Gasteiger partial charge >= 0.3 is 0 Å². The molecule has 0 spiro atoms. The van der Waals surface area contributed by atoms with Crippen molar-refractivity contribution in [1.82, 2.24) is 0 Å². The van der Waals surface area contributed by atoms with E-state index in [4.69, 9.17) is 4.74 Å². The van der Waals surface area contributed by atoms with E-state index < -0.39 is 0 Å². The molecule has 1 aromatic rings. The van der Waals surface area contributed by atoms with Gasteiger partial charge in [0.25, 0.3) is 6.47 Å². The lowest BCUT2D eigenvalue weighted by Gasteiger charge is -2.30. The first kappa shape index (κ1) is 22.9. The summed E-state index contributed by atoms with van der Waals surface area (Å²) < 4.78 is 19.3. The molecule has 0 bridgehead atoms. The van der Waals surface area contributed by atoms with Gasteiger partial charge in [-0.25, -0.2) is 4.39 Å². The first-order chi connectivity index (χ1) is 13.7. The van der Waals surface area contributed by atoms with E-state index in [0.29, 0.717) is 24.9 Å². The summed E-state index contributed by atoms with van der Waals surface area (Å²) in [6.07, 6.45) is 12.0. The van der Waals surface area contributed by atoms with E-state index in [1.807, 2.05) is 6.07 Å². The fourth-order valence-corrected chi connectivity index (χ4v) is 4.51. The zero-order valence-corrected chi connectivity index (χ0v) is 17.4. The van der Waals surface area contributed by atoms with Crippen LogP contribution in [0.15, 0.2) is 18.2 Å². The zero-order valence-electron chi connectivity index (χ0n) is 17.4. The average molecular weight is 393 g/mol. The van der Waals surface area contributed by atoms with E-state index in [2.05, 4.69) is 13.0 Å². The van der Waals surface area contributed by atoms with Gasteiger partial charge in [-0.15, -0.1) is 0 Å². The van der Waals surface area contributed by atoms with Crippen LogP contribution in [0.2, 0.25) is 0 Å². The van der Waals surface area contributed by atoms with Crippen molar-refractivity contribution >= 4 is 6.47 Å². The van der Waals surface area contributed by atoms with Crippen LogP contribution in [0.3, 0.4) is 0 Å². The number of hydrogen-bond acceptors (Lipinski definition) is 3. The molecule has 0 radical (unpaired) electrons. The van der Waals surface area contributed by atoms with Crippen LogP contribution >= 0.6 is 0 Å². The molecule has 1 aliphatic rings. The molecule has 1 fully saturated rings. The lowest BCUT2D eigenvalue weighted by atomic mass is 9.75. The van der Waals surface area contributed by atoms with Crippen LogP contribution < -0.4 is 0 Å². The van der Waals surface area contributed by atoms with E-state index >= 15 is 0 Å². The van der Waals surface area contributed by atoms with Gasteiger partial charge in [0.2, 0.25) is 0 Å². The molecular formula is C24H37FO3. The molecule has 0 saturated heterocycles. The fourth-order valence-electron chi connectivity index (χ4n) is 4.51. The third kappa shape index (κ3) is 7.54. The number of rotatable bonds is 13. The third-order valence-corrected chi connectivity index (χ3v) is 6.27. The van der Waals surface area contributed by atoms with Crippen molar-refractivity contribution in [3.63, 3.8) is 0 Å². The molecule has 0 aliphatic heterocycles. The number of ether oxygens (including phenoxy) is 1. The summed E-state index contributed by atoms with van der Waals surface area (Å²) in [6.45, 7) is 3.01. The van der Waals surface area contributed by atoms with Crippen LogP contribution in [0.1, 0.15) is 88.2 Å². The molecule has 0 amide bonds. The normalized spacial score (nSPS) is 20.7. The summed E-state index contributed by atoms with van der Waals surface area (Å²) in [6, 6.07) is 5.89. The van der Waals surface area contributed by atoms with Gasteiger partial charge in [-0.3, -0.25) is 4.79 Å². The maximum Gasteiger partial charge on any atom is 0.293 e. The lowest BCUT2D eigenvalue weighted by molar-refractivity contribution is -0.130. The highest BCUT2D eigenvalue weighted by Gasteiger charge is 2.25. The van der Waals surface area contributed by atoms with Crippen molar-refractivity contribution in [3.8, 4) is 0 Å². The second kappa shape index (κ2) is 12.9. The molecule has 0 heterocycles.